The van der Waals surface area contributed by atoms with E-state index in [4.69, 9.17) is 0 Å². The Labute approximate surface area is 84.8 Å². The fourth-order valence-electron chi connectivity index (χ4n) is 1.23. The van der Waals surface area contributed by atoms with Crippen LogP contribution in [0.3, 0.4) is 0 Å². The van der Waals surface area contributed by atoms with Gasteiger partial charge in [0.15, 0.2) is 10.3 Å². The van der Waals surface area contributed by atoms with Gasteiger partial charge in [0.2, 0.25) is 5.69 Å². The maximum absolute atomic E-state index is 11.1. The van der Waals surface area contributed by atoms with Crippen molar-refractivity contribution in [3.05, 3.63) is 16.3 Å². The molecule has 0 spiro atoms. The maximum atomic E-state index is 11.1. The van der Waals surface area contributed by atoms with E-state index in [2.05, 4.69) is 9.79 Å². The molecule has 0 saturated carbocycles. The third-order valence-electron chi connectivity index (χ3n) is 1.84. The van der Waals surface area contributed by atoms with E-state index in [9.17, 15) is 4.91 Å². The fraction of sp³-hybridized carbons (Fsp3) is 0.800. The van der Waals surface area contributed by atoms with Crippen molar-refractivity contribution in [2.75, 3.05) is 0 Å². The molecular weight excluding hydrogens is 180 g/mol. The van der Waals surface area contributed by atoms with Crippen molar-refractivity contribution in [2.24, 2.45) is 0 Å². The second-order valence-corrected chi connectivity index (χ2v) is 3.56. The van der Waals surface area contributed by atoms with Gasteiger partial charge in [0.05, 0.1) is 0 Å². The van der Waals surface area contributed by atoms with Crippen LogP contribution in [0.4, 0.5) is 0 Å². The van der Waals surface area contributed by atoms with Crippen molar-refractivity contribution in [3.63, 3.8) is 0 Å². The van der Waals surface area contributed by atoms with Crippen LogP contribution in [-0.4, -0.2) is 5.16 Å². The van der Waals surface area contributed by atoms with E-state index in [1.165, 1.54) is 0 Å². The molecule has 0 atom stereocenters. The summed E-state index contributed by atoms with van der Waals surface area (Å²) in [6.45, 7) is 12.0. The number of aromatic nitrogens is 2. The summed E-state index contributed by atoms with van der Waals surface area (Å²) in [6.07, 6.45) is 0. The van der Waals surface area contributed by atoms with Crippen LogP contribution >= 0.6 is 0 Å². The zero-order valence-electron chi connectivity index (χ0n) is 9.92. The Morgan fingerprint density at radius 2 is 1.64 bits per heavy atom. The second kappa shape index (κ2) is 5.62. The first-order chi connectivity index (χ1) is 6.54. The molecule has 1 rings (SSSR count). The van der Waals surface area contributed by atoms with Crippen molar-refractivity contribution in [1.82, 2.24) is 5.16 Å². The standard InChI is InChI=1S/C8H15N2O2.C2H6/c1-5(2)7-8(6(3)4)10(11)12-9-7;1-2/h5-6,9H,1-4H3;1-2H3/q+1;. The van der Waals surface area contributed by atoms with Gasteiger partial charge in [-0.2, -0.15) is 0 Å². The molecule has 0 amide bonds. The predicted octanol–water partition coefficient (Wildman–Crippen LogP) is 2.80. The second-order valence-electron chi connectivity index (χ2n) is 3.56. The highest BCUT2D eigenvalue weighted by molar-refractivity contribution is 5.11. The number of rotatable bonds is 2. The summed E-state index contributed by atoms with van der Waals surface area (Å²) in [4.78, 5) is 11.1. The Hall–Kier alpha value is -1.06. The Morgan fingerprint density at radius 1 is 1.14 bits per heavy atom. The summed E-state index contributed by atoms with van der Waals surface area (Å²) < 4.78 is 5.21. The molecule has 1 heterocycles. The lowest BCUT2D eigenvalue weighted by atomic mass is 10.0. The van der Waals surface area contributed by atoms with E-state index in [0.29, 0.717) is 16.2 Å². The fourth-order valence-corrected chi connectivity index (χ4v) is 1.23. The molecule has 4 heteroatoms. The minimum atomic E-state index is 0.190. The molecule has 0 radical (unpaired) electrons. The first kappa shape index (κ1) is 12.9. The average molecular weight is 201 g/mol. The summed E-state index contributed by atoms with van der Waals surface area (Å²) in [7, 11) is 0. The van der Waals surface area contributed by atoms with Crippen LogP contribution in [0.15, 0.2) is 4.63 Å². The molecule has 1 aromatic heterocycles. The highest BCUT2D eigenvalue weighted by Gasteiger charge is 2.25. The Kier molecular flexibility index (Phi) is 5.20. The van der Waals surface area contributed by atoms with E-state index < -0.39 is 0 Å². The molecule has 0 saturated heterocycles. The number of aromatic amines is 1. The van der Waals surface area contributed by atoms with Crippen LogP contribution in [0.2, 0.25) is 0 Å². The van der Waals surface area contributed by atoms with Crippen molar-refractivity contribution in [1.29, 1.82) is 0 Å². The van der Waals surface area contributed by atoms with Gasteiger partial charge in [-0.25, -0.2) is 0 Å². The number of hydrogen-bond acceptors (Lipinski definition) is 2. The molecule has 14 heavy (non-hydrogen) atoms. The van der Waals surface area contributed by atoms with Gasteiger partial charge in [-0.05, 0) is 4.91 Å². The normalized spacial score (nSPS) is 10.3. The largest absolute Gasteiger partial charge is 0.247 e. The SMILES string of the molecule is CC.CC(C)c1[nH]o[n+](=O)c1C(C)C. The smallest absolute Gasteiger partial charge is 0.0882 e. The lowest BCUT2D eigenvalue weighted by Gasteiger charge is -1.98. The lowest BCUT2D eigenvalue weighted by molar-refractivity contribution is -0.720. The average Bonchev–Trinajstić information content (AvgIpc) is 2.50. The van der Waals surface area contributed by atoms with Crippen LogP contribution in [0.5, 0.6) is 0 Å². The van der Waals surface area contributed by atoms with Gasteiger partial charge in [0.1, 0.15) is 0 Å². The summed E-state index contributed by atoms with van der Waals surface area (Å²) in [6, 6.07) is 0. The summed E-state index contributed by atoms with van der Waals surface area (Å²) in [5.74, 6) is 0.483. The number of nitrogens with zero attached hydrogens (tertiary/aromatic N) is 1. The van der Waals surface area contributed by atoms with Crippen LogP contribution in [-0.2, 0) is 0 Å². The summed E-state index contributed by atoms with van der Waals surface area (Å²) >= 11 is 0. The van der Waals surface area contributed by atoms with Crippen molar-refractivity contribution in [3.8, 4) is 0 Å². The number of H-pyrrole nitrogens is 1. The van der Waals surface area contributed by atoms with Gasteiger partial charge in [-0.15, -0.1) is 0 Å². The molecule has 1 N–H and O–H groups in total. The quantitative estimate of drug-likeness (QED) is 0.799. The molecule has 0 bridgehead atoms. The lowest BCUT2D eigenvalue weighted by Crippen LogP contribution is -2.18. The highest BCUT2D eigenvalue weighted by atomic mass is 16.7. The van der Waals surface area contributed by atoms with E-state index in [1.807, 2.05) is 41.5 Å². The van der Waals surface area contributed by atoms with Gasteiger partial charge < -0.3 is 0 Å². The van der Waals surface area contributed by atoms with Crippen LogP contribution in [0, 0.1) is 4.91 Å². The zero-order chi connectivity index (χ0) is 11.3. The Balaban J connectivity index is 0.000000791. The molecule has 0 fully saturated rings. The van der Waals surface area contributed by atoms with E-state index >= 15 is 0 Å². The summed E-state index contributed by atoms with van der Waals surface area (Å²) in [5, 5.41) is 2.63. The molecule has 1 aromatic rings. The van der Waals surface area contributed by atoms with Crippen molar-refractivity contribution >= 4 is 0 Å². The van der Waals surface area contributed by atoms with Crippen LogP contribution < -0.4 is 4.60 Å². The molecule has 0 aliphatic carbocycles. The highest BCUT2D eigenvalue weighted by Crippen LogP contribution is 2.19. The first-order valence-corrected chi connectivity index (χ1v) is 5.18. The van der Waals surface area contributed by atoms with Crippen LogP contribution in [0.1, 0.15) is 64.8 Å². The van der Waals surface area contributed by atoms with Gasteiger partial charge in [0, 0.05) is 11.8 Å². The number of hydrogen-bond donors (Lipinski definition) is 1. The summed E-state index contributed by atoms with van der Waals surface area (Å²) in [5.41, 5.74) is 1.59. The molecule has 0 aliphatic heterocycles. The van der Waals surface area contributed by atoms with Crippen molar-refractivity contribution < 1.29 is 9.23 Å². The monoisotopic (exact) mass is 201 g/mol. The number of nitrogens with one attached hydrogen (secondary N) is 1. The van der Waals surface area contributed by atoms with Gasteiger partial charge in [0.25, 0.3) is 0 Å². The van der Waals surface area contributed by atoms with Gasteiger partial charge in [-0.1, -0.05) is 51.3 Å². The zero-order valence-corrected chi connectivity index (χ0v) is 9.92. The van der Waals surface area contributed by atoms with Crippen LogP contribution in [0.25, 0.3) is 0 Å². The van der Waals surface area contributed by atoms with Gasteiger partial charge in [-0.3, -0.25) is 0 Å². The third kappa shape index (κ3) is 2.72. The van der Waals surface area contributed by atoms with Gasteiger partial charge >= 0.3 is 0 Å². The molecular formula is C10H21N2O2+. The molecule has 0 unspecified atom stereocenters. The first-order valence-electron chi connectivity index (χ1n) is 5.18. The molecule has 0 aliphatic rings. The topological polar surface area (TPSA) is 51.9 Å². The van der Waals surface area contributed by atoms with E-state index in [1.54, 1.807) is 0 Å². The van der Waals surface area contributed by atoms with E-state index in [0.717, 1.165) is 5.69 Å². The van der Waals surface area contributed by atoms with Crippen molar-refractivity contribution in [2.45, 2.75) is 53.4 Å². The molecule has 0 aromatic carbocycles. The predicted molar refractivity (Wildman–Crippen MR) is 56.0 cm³/mol. The molecule has 82 valence electrons. The molecule has 4 nitrogen and oxygen atoms in total. The Morgan fingerprint density at radius 3 is 1.93 bits per heavy atom. The maximum Gasteiger partial charge on any atom is 0.247 e. The minimum Gasteiger partial charge on any atom is -0.0882 e. The minimum absolute atomic E-state index is 0.190. The van der Waals surface area contributed by atoms with E-state index in [-0.39, 0.29) is 5.92 Å². The third-order valence-corrected chi connectivity index (χ3v) is 1.84. The Bertz CT molecular complexity index is 310.